The molecule has 1 unspecified atom stereocenters. The van der Waals surface area contributed by atoms with Crippen molar-refractivity contribution in [3.8, 4) is 6.07 Å². The lowest BCUT2D eigenvalue weighted by atomic mass is 9.80. The van der Waals surface area contributed by atoms with Crippen molar-refractivity contribution in [2.45, 2.75) is 12.8 Å². The van der Waals surface area contributed by atoms with Crippen LogP contribution in [0.3, 0.4) is 0 Å². The van der Waals surface area contributed by atoms with E-state index in [0.29, 0.717) is 10.6 Å². The Labute approximate surface area is 176 Å². The van der Waals surface area contributed by atoms with Gasteiger partial charge in [-0.05, 0) is 41.5 Å². The minimum atomic E-state index is -0.201. The lowest BCUT2D eigenvalue weighted by Gasteiger charge is -2.38. The molecule has 2 aliphatic rings. The molecule has 0 spiro atoms. The summed E-state index contributed by atoms with van der Waals surface area (Å²) in [7, 11) is 0. The maximum atomic E-state index is 9.80. The first-order valence-electron chi connectivity index (χ1n) is 9.65. The van der Waals surface area contributed by atoms with Crippen LogP contribution in [0.5, 0.6) is 0 Å². The number of allylic oxidation sites excluding steroid dienone is 1. The van der Waals surface area contributed by atoms with Gasteiger partial charge < -0.3 is 10.5 Å². The third kappa shape index (κ3) is 3.80. The summed E-state index contributed by atoms with van der Waals surface area (Å²) in [5, 5.41) is 10.5. The lowest BCUT2D eigenvalue weighted by Crippen LogP contribution is -2.38. The van der Waals surface area contributed by atoms with Crippen molar-refractivity contribution in [1.82, 2.24) is 4.90 Å². The highest BCUT2D eigenvalue weighted by Crippen LogP contribution is 2.43. The normalized spacial score (nSPS) is 21.0. The summed E-state index contributed by atoms with van der Waals surface area (Å²) in [6.07, 6.45) is 2.11. The van der Waals surface area contributed by atoms with E-state index in [1.165, 1.54) is 0 Å². The number of hydrogen-bond acceptors (Lipinski definition) is 4. The Kier molecular flexibility index (Phi) is 5.44. The minimum Gasteiger partial charge on any atom is -0.440 e. The van der Waals surface area contributed by atoms with Crippen molar-refractivity contribution >= 4 is 17.7 Å². The number of nitrogens with zero attached hydrogens (tertiary/aromatic N) is 2. The van der Waals surface area contributed by atoms with Gasteiger partial charge in [-0.15, -0.1) is 0 Å². The average molecular weight is 404 g/mol. The quantitative estimate of drug-likeness (QED) is 0.797. The topological polar surface area (TPSA) is 62.3 Å². The van der Waals surface area contributed by atoms with Gasteiger partial charge in [-0.1, -0.05) is 61.0 Å². The molecule has 0 amide bonds. The molecule has 0 bridgehead atoms. The fourth-order valence-corrected chi connectivity index (χ4v) is 4.08. The molecule has 0 saturated heterocycles. The van der Waals surface area contributed by atoms with Gasteiger partial charge in [0.15, 0.2) is 0 Å². The Morgan fingerprint density at radius 3 is 2.55 bits per heavy atom. The van der Waals surface area contributed by atoms with Crippen LogP contribution < -0.4 is 5.73 Å². The van der Waals surface area contributed by atoms with Gasteiger partial charge in [0.05, 0.1) is 5.92 Å². The van der Waals surface area contributed by atoms with Gasteiger partial charge in [0.25, 0.3) is 0 Å². The van der Waals surface area contributed by atoms with E-state index in [4.69, 9.17) is 22.1 Å². The number of benzene rings is 2. The molecule has 2 aliphatic heterocycles. The van der Waals surface area contributed by atoms with Crippen LogP contribution in [0, 0.1) is 11.3 Å². The van der Waals surface area contributed by atoms with E-state index in [1.54, 1.807) is 0 Å². The summed E-state index contributed by atoms with van der Waals surface area (Å²) >= 11 is 6.03. The van der Waals surface area contributed by atoms with E-state index < -0.39 is 0 Å². The van der Waals surface area contributed by atoms with Gasteiger partial charge >= 0.3 is 0 Å². The molecule has 4 rings (SSSR count). The van der Waals surface area contributed by atoms with E-state index in [2.05, 4.69) is 24.0 Å². The first-order valence-corrected chi connectivity index (χ1v) is 10.0. The summed E-state index contributed by atoms with van der Waals surface area (Å²) in [5.41, 5.74) is 10.9. The zero-order valence-electron chi connectivity index (χ0n) is 16.2. The van der Waals surface area contributed by atoms with Gasteiger partial charge in [-0.25, -0.2) is 0 Å². The molecule has 1 atom stereocenters. The summed E-state index contributed by atoms with van der Waals surface area (Å²) in [6.45, 7) is 4.54. The van der Waals surface area contributed by atoms with Crippen molar-refractivity contribution in [3.05, 3.63) is 99.1 Å². The molecule has 2 heterocycles. The van der Waals surface area contributed by atoms with Crippen LogP contribution in [0.15, 0.2) is 83.0 Å². The zero-order valence-corrected chi connectivity index (χ0v) is 17.0. The molecule has 5 heteroatoms. The second kappa shape index (κ2) is 8.16. The molecule has 0 aromatic heterocycles. The highest BCUT2D eigenvalue weighted by Gasteiger charge is 2.37. The first-order chi connectivity index (χ1) is 14.1. The molecule has 4 nitrogen and oxygen atoms in total. The van der Waals surface area contributed by atoms with Crippen molar-refractivity contribution in [2.24, 2.45) is 5.73 Å². The molecule has 0 aliphatic carbocycles. The third-order valence-electron chi connectivity index (χ3n) is 5.40. The van der Waals surface area contributed by atoms with Crippen molar-refractivity contribution in [2.75, 3.05) is 19.6 Å². The summed E-state index contributed by atoms with van der Waals surface area (Å²) in [5.74, 6) is 0.773. The fourth-order valence-electron chi connectivity index (χ4n) is 3.95. The van der Waals surface area contributed by atoms with Gasteiger partial charge in [0, 0.05) is 23.7 Å². The molecule has 29 heavy (non-hydrogen) atoms. The van der Waals surface area contributed by atoms with Crippen molar-refractivity contribution in [3.63, 3.8) is 0 Å². The lowest BCUT2D eigenvalue weighted by molar-refractivity contribution is 0.239. The second-order valence-electron chi connectivity index (χ2n) is 7.21. The number of ether oxygens (including phenoxy) is 1. The van der Waals surface area contributed by atoms with Gasteiger partial charge in [0.1, 0.15) is 17.4 Å². The molecule has 0 fully saturated rings. The fraction of sp³-hybridized carbons (Fsp3) is 0.208. The molecule has 2 aromatic carbocycles. The highest BCUT2D eigenvalue weighted by molar-refractivity contribution is 6.30. The predicted molar refractivity (Wildman–Crippen MR) is 116 cm³/mol. The maximum absolute atomic E-state index is 9.80. The van der Waals surface area contributed by atoms with Gasteiger partial charge in [-0.3, -0.25) is 4.90 Å². The molecule has 146 valence electrons. The minimum absolute atomic E-state index is 0.187. The van der Waals surface area contributed by atoms with Crippen molar-refractivity contribution in [1.29, 1.82) is 5.26 Å². The molecule has 2 N–H and O–H groups in total. The number of likely N-dealkylation sites (N-methyl/N-ethyl adjacent to an activating group) is 1. The van der Waals surface area contributed by atoms with Crippen LogP contribution in [0.2, 0.25) is 5.02 Å². The number of hydrogen-bond donors (Lipinski definition) is 1. The van der Waals surface area contributed by atoms with Gasteiger partial charge in [0.2, 0.25) is 5.88 Å². The standard InChI is InChI=1S/C24H22ClN3O/c1-2-28-14-18(12-16-8-10-19(25)11-9-16)23-21(15-28)22(17-6-4-3-5-7-17)20(13-26)24(27)29-23/h3-12,22H,2,14-15,27H2,1H3. The monoisotopic (exact) mass is 403 g/mol. The molecule has 0 radical (unpaired) electrons. The average Bonchev–Trinajstić information content (AvgIpc) is 2.75. The van der Waals surface area contributed by atoms with E-state index in [1.807, 2.05) is 54.6 Å². The largest absolute Gasteiger partial charge is 0.440 e. The van der Waals surface area contributed by atoms with E-state index >= 15 is 0 Å². The summed E-state index contributed by atoms with van der Waals surface area (Å²) in [4.78, 5) is 2.34. The van der Waals surface area contributed by atoms with Crippen LogP contribution in [0.1, 0.15) is 24.0 Å². The molecular formula is C24H22ClN3O. The Bertz CT molecular complexity index is 1050. The van der Waals surface area contributed by atoms with Crippen LogP contribution in [-0.4, -0.2) is 24.5 Å². The van der Waals surface area contributed by atoms with Crippen molar-refractivity contribution < 1.29 is 4.74 Å². The zero-order chi connectivity index (χ0) is 20.4. The SMILES string of the molecule is CCN1CC(=Cc2ccc(Cl)cc2)C2=C(C1)C(c1ccccc1)C(C#N)=C(N)O2. The number of halogens is 1. The number of nitrogens with two attached hydrogens (primary N) is 1. The predicted octanol–water partition coefficient (Wildman–Crippen LogP) is 4.82. The van der Waals surface area contributed by atoms with Crippen LogP contribution in [0.4, 0.5) is 0 Å². The van der Waals surface area contributed by atoms with Crippen LogP contribution >= 0.6 is 11.6 Å². The molecular weight excluding hydrogens is 382 g/mol. The van der Waals surface area contributed by atoms with Crippen LogP contribution in [-0.2, 0) is 4.74 Å². The second-order valence-corrected chi connectivity index (χ2v) is 7.65. The van der Waals surface area contributed by atoms with Crippen LogP contribution in [0.25, 0.3) is 6.08 Å². The smallest absolute Gasteiger partial charge is 0.205 e. The van der Waals surface area contributed by atoms with E-state index in [-0.39, 0.29) is 11.8 Å². The first kappa shape index (κ1) is 19.3. The Morgan fingerprint density at radius 2 is 1.90 bits per heavy atom. The number of rotatable bonds is 3. The van der Waals surface area contributed by atoms with E-state index in [9.17, 15) is 5.26 Å². The van der Waals surface area contributed by atoms with Gasteiger partial charge in [-0.2, -0.15) is 5.26 Å². The highest BCUT2D eigenvalue weighted by atomic mass is 35.5. The molecule has 0 saturated carbocycles. The van der Waals surface area contributed by atoms with E-state index in [0.717, 1.165) is 47.7 Å². The Balaban J connectivity index is 1.86. The third-order valence-corrected chi connectivity index (χ3v) is 5.65. The Morgan fingerprint density at radius 1 is 1.17 bits per heavy atom. The number of nitriles is 1. The maximum Gasteiger partial charge on any atom is 0.205 e. The summed E-state index contributed by atoms with van der Waals surface area (Å²) in [6, 6.07) is 20.0. The molecule has 2 aromatic rings. The Hall–Kier alpha value is -3.00. The summed E-state index contributed by atoms with van der Waals surface area (Å²) < 4.78 is 6.04.